The molecule has 0 bridgehead atoms. The molecule has 0 aliphatic carbocycles. The van der Waals surface area contributed by atoms with Gasteiger partial charge in [0.1, 0.15) is 0 Å². The van der Waals surface area contributed by atoms with Gasteiger partial charge in [-0.25, -0.2) is 0 Å². The smallest absolute Gasteiger partial charge is 0.294 e. The van der Waals surface area contributed by atoms with E-state index in [0.29, 0.717) is 16.1 Å². The van der Waals surface area contributed by atoms with Gasteiger partial charge in [-0.15, -0.1) is 0 Å². The SMILES string of the molecule is Cc1cc(C(=O)Cc2ccc(C(F)(F)F)cc2)ccc1Cl. The number of Topliss-reactive ketones (excluding diaryl/α,β-unsaturated/α-hetero) is 1. The first-order valence-electron chi connectivity index (χ1n) is 6.23. The lowest BCUT2D eigenvalue weighted by molar-refractivity contribution is -0.137. The van der Waals surface area contributed by atoms with Gasteiger partial charge in [0.15, 0.2) is 5.78 Å². The van der Waals surface area contributed by atoms with Gasteiger partial charge in [0, 0.05) is 17.0 Å². The molecular weight excluding hydrogens is 301 g/mol. The molecule has 0 saturated heterocycles. The molecule has 2 aromatic carbocycles. The third-order valence-corrected chi connectivity index (χ3v) is 3.55. The fourth-order valence-corrected chi connectivity index (χ4v) is 2.03. The Morgan fingerprint density at radius 1 is 1.10 bits per heavy atom. The summed E-state index contributed by atoms with van der Waals surface area (Å²) in [5.41, 5.74) is 1.10. The maximum Gasteiger partial charge on any atom is 0.416 e. The van der Waals surface area contributed by atoms with Crippen LogP contribution in [0.4, 0.5) is 13.2 Å². The summed E-state index contributed by atoms with van der Waals surface area (Å²) in [6.45, 7) is 1.79. The van der Waals surface area contributed by atoms with Crippen molar-refractivity contribution in [3.63, 3.8) is 0 Å². The summed E-state index contributed by atoms with van der Waals surface area (Å²) in [6, 6.07) is 9.53. The Labute approximate surface area is 125 Å². The second-order valence-corrected chi connectivity index (χ2v) is 5.17. The van der Waals surface area contributed by atoms with Crippen LogP contribution in [0.5, 0.6) is 0 Å². The number of ketones is 1. The Morgan fingerprint density at radius 2 is 1.71 bits per heavy atom. The van der Waals surface area contributed by atoms with E-state index in [9.17, 15) is 18.0 Å². The van der Waals surface area contributed by atoms with Crippen LogP contribution < -0.4 is 0 Å². The van der Waals surface area contributed by atoms with E-state index in [1.54, 1.807) is 25.1 Å². The van der Waals surface area contributed by atoms with Gasteiger partial charge >= 0.3 is 6.18 Å². The molecule has 0 N–H and O–H groups in total. The fraction of sp³-hybridized carbons (Fsp3) is 0.188. The quantitative estimate of drug-likeness (QED) is 0.721. The van der Waals surface area contributed by atoms with Gasteiger partial charge in [0.2, 0.25) is 0 Å². The largest absolute Gasteiger partial charge is 0.416 e. The normalized spacial score (nSPS) is 11.5. The highest BCUT2D eigenvalue weighted by molar-refractivity contribution is 6.31. The number of halogens is 4. The van der Waals surface area contributed by atoms with E-state index in [2.05, 4.69) is 0 Å². The van der Waals surface area contributed by atoms with Gasteiger partial charge in [-0.1, -0.05) is 23.7 Å². The first kappa shape index (κ1) is 15.6. The lowest BCUT2D eigenvalue weighted by Gasteiger charge is -2.08. The molecule has 0 aromatic heterocycles. The second kappa shape index (κ2) is 5.90. The number of aryl methyl sites for hydroxylation is 1. The van der Waals surface area contributed by atoms with E-state index in [-0.39, 0.29) is 12.2 Å². The predicted molar refractivity (Wildman–Crippen MR) is 75.7 cm³/mol. The molecule has 5 heteroatoms. The van der Waals surface area contributed by atoms with E-state index in [1.807, 2.05) is 0 Å². The van der Waals surface area contributed by atoms with Crippen LogP contribution in [0.15, 0.2) is 42.5 Å². The van der Waals surface area contributed by atoms with Crippen molar-refractivity contribution in [3.8, 4) is 0 Å². The molecule has 0 aliphatic heterocycles. The maximum atomic E-state index is 12.4. The highest BCUT2D eigenvalue weighted by Crippen LogP contribution is 2.29. The third-order valence-electron chi connectivity index (χ3n) is 3.13. The number of benzene rings is 2. The van der Waals surface area contributed by atoms with Crippen molar-refractivity contribution in [2.45, 2.75) is 19.5 Å². The average Bonchev–Trinajstić information content (AvgIpc) is 2.41. The van der Waals surface area contributed by atoms with Crippen molar-refractivity contribution < 1.29 is 18.0 Å². The van der Waals surface area contributed by atoms with Crippen LogP contribution in [0.25, 0.3) is 0 Å². The maximum absolute atomic E-state index is 12.4. The molecule has 0 spiro atoms. The Morgan fingerprint density at radius 3 is 2.24 bits per heavy atom. The van der Waals surface area contributed by atoms with E-state index >= 15 is 0 Å². The van der Waals surface area contributed by atoms with Crippen molar-refractivity contribution in [3.05, 3.63) is 69.7 Å². The second-order valence-electron chi connectivity index (χ2n) is 4.76. The van der Waals surface area contributed by atoms with E-state index < -0.39 is 11.7 Å². The number of hydrogen-bond donors (Lipinski definition) is 0. The Balaban J connectivity index is 2.14. The molecule has 0 atom stereocenters. The standard InChI is InChI=1S/C16H12ClF3O/c1-10-8-12(4-7-14(10)17)15(21)9-11-2-5-13(6-3-11)16(18,19)20/h2-8H,9H2,1H3. The van der Waals surface area contributed by atoms with Crippen LogP contribution in [-0.2, 0) is 12.6 Å². The van der Waals surface area contributed by atoms with Gasteiger partial charge in [-0.3, -0.25) is 4.79 Å². The minimum atomic E-state index is -4.37. The summed E-state index contributed by atoms with van der Waals surface area (Å²) in [7, 11) is 0. The van der Waals surface area contributed by atoms with Crippen molar-refractivity contribution in [2.75, 3.05) is 0 Å². The highest BCUT2D eigenvalue weighted by Gasteiger charge is 2.29. The van der Waals surface area contributed by atoms with Crippen molar-refractivity contribution >= 4 is 17.4 Å². The molecule has 110 valence electrons. The monoisotopic (exact) mass is 312 g/mol. The van der Waals surface area contributed by atoms with Crippen molar-refractivity contribution in [2.24, 2.45) is 0 Å². The number of carbonyl (C=O) groups excluding carboxylic acids is 1. The summed E-state index contributed by atoms with van der Waals surface area (Å²) in [4.78, 5) is 12.1. The van der Waals surface area contributed by atoms with Crippen molar-refractivity contribution in [1.29, 1.82) is 0 Å². The molecule has 2 rings (SSSR count). The number of alkyl halides is 3. The molecule has 0 saturated carbocycles. The van der Waals surface area contributed by atoms with Crippen LogP contribution in [0, 0.1) is 6.92 Å². The van der Waals surface area contributed by atoms with Crippen molar-refractivity contribution in [1.82, 2.24) is 0 Å². The lowest BCUT2D eigenvalue weighted by atomic mass is 10.0. The Bertz CT molecular complexity index is 660. The van der Waals surface area contributed by atoms with Crippen LogP contribution in [-0.4, -0.2) is 5.78 Å². The van der Waals surface area contributed by atoms with Gasteiger partial charge in [0.25, 0.3) is 0 Å². The minimum absolute atomic E-state index is 0.0548. The van der Waals surface area contributed by atoms with Crippen LogP contribution in [0.3, 0.4) is 0 Å². The zero-order valence-corrected chi connectivity index (χ0v) is 11.9. The van der Waals surface area contributed by atoms with Gasteiger partial charge < -0.3 is 0 Å². The molecule has 0 heterocycles. The molecule has 21 heavy (non-hydrogen) atoms. The molecule has 2 aromatic rings. The van der Waals surface area contributed by atoms with Crippen LogP contribution >= 0.6 is 11.6 Å². The topological polar surface area (TPSA) is 17.1 Å². The van der Waals surface area contributed by atoms with E-state index in [0.717, 1.165) is 17.7 Å². The minimum Gasteiger partial charge on any atom is -0.294 e. The zero-order chi connectivity index (χ0) is 15.6. The lowest BCUT2D eigenvalue weighted by Crippen LogP contribution is -2.07. The molecule has 0 aliphatic rings. The third kappa shape index (κ3) is 3.85. The molecule has 1 nitrogen and oxygen atoms in total. The summed E-state index contributed by atoms with van der Waals surface area (Å²) >= 11 is 5.89. The molecule has 0 amide bonds. The van der Waals surface area contributed by atoms with Gasteiger partial charge in [0.05, 0.1) is 5.56 Å². The zero-order valence-electron chi connectivity index (χ0n) is 11.2. The molecular formula is C16H12ClF3O. The first-order chi connectivity index (χ1) is 9.77. The van der Waals surface area contributed by atoms with Gasteiger partial charge in [-0.05, 0) is 48.4 Å². The average molecular weight is 313 g/mol. The summed E-state index contributed by atoms with van der Waals surface area (Å²) in [5.74, 6) is -0.158. The Kier molecular flexibility index (Phi) is 4.37. The summed E-state index contributed by atoms with van der Waals surface area (Å²) in [5, 5.41) is 0.570. The van der Waals surface area contributed by atoms with Crippen LogP contribution in [0.2, 0.25) is 5.02 Å². The number of carbonyl (C=O) groups is 1. The molecule has 0 unspecified atom stereocenters. The summed E-state index contributed by atoms with van der Waals surface area (Å²) in [6.07, 6.45) is -4.31. The molecule has 0 fully saturated rings. The fourth-order valence-electron chi connectivity index (χ4n) is 1.92. The molecule has 0 radical (unpaired) electrons. The first-order valence-corrected chi connectivity index (χ1v) is 6.60. The Hall–Kier alpha value is -1.81. The van der Waals surface area contributed by atoms with E-state index in [1.165, 1.54) is 12.1 Å². The summed E-state index contributed by atoms with van der Waals surface area (Å²) < 4.78 is 37.3. The number of hydrogen-bond acceptors (Lipinski definition) is 1. The number of rotatable bonds is 3. The highest BCUT2D eigenvalue weighted by atomic mass is 35.5. The van der Waals surface area contributed by atoms with E-state index in [4.69, 9.17) is 11.6 Å². The predicted octanol–water partition coefficient (Wildman–Crippen LogP) is 5.09. The van der Waals surface area contributed by atoms with Gasteiger partial charge in [-0.2, -0.15) is 13.2 Å². The van der Waals surface area contributed by atoms with Crippen LogP contribution in [0.1, 0.15) is 27.0 Å².